The van der Waals surface area contributed by atoms with Crippen LogP contribution in [-0.2, 0) is 6.61 Å². The predicted octanol–water partition coefficient (Wildman–Crippen LogP) is 3.09. The summed E-state index contributed by atoms with van der Waals surface area (Å²) in [6.07, 6.45) is 3.67. The van der Waals surface area contributed by atoms with Crippen molar-refractivity contribution in [3.63, 3.8) is 0 Å². The van der Waals surface area contributed by atoms with Crippen LogP contribution in [0.1, 0.15) is 5.56 Å². The number of nitrogens with zero attached hydrogens (tertiary/aromatic N) is 1. The van der Waals surface area contributed by atoms with Gasteiger partial charge in [0.2, 0.25) is 0 Å². The summed E-state index contributed by atoms with van der Waals surface area (Å²) in [5, 5.41) is 0. The first-order valence-electron chi connectivity index (χ1n) is 7.41. The second-order valence-electron chi connectivity index (χ2n) is 5.10. The number of hydrogen-bond donors (Lipinski definition) is 0. The summed E-state index contributed by atoms with van der Waals surface area (Å²) in [6, 6.07) is 18.3. The predicted molar refractivity (Wildman–Crippen MR) is 101 cm³/mol. The summed E-state index contributed by atoms with van der Waals surface area (Å²) in [7, 11) is 1.67. The third-order valence-electron chi connectivity index (χ3n) is 3.34. The van der Waals surface area contributed by atoms with Gasteiger partial charge in [-0.05, 0) is 0 Å². The number of pyridine rings is 1. The van der Waals surface area contributed by atoms with Gasteiger partial charge in [0.05, 0.1) is 0 Å². The molecule has 3 aromatic rings. The number of halogens is 1. The molecule has 5 heteroatoms. The monoisotopic (exact) mass is 444 g/mol. The Morgan fingerprint density at radius 1 is 0.917 bits per heavy atom. The molecule has 3 rings (SSSR count). The van der Waals surface area contributed by atoms with E-state index in [9.17, 15) is 0 Å². The standard InChI is InChI=1S/C19H16AsBrNO2/c1-23-18-4-2-14(3-5-18)13-24-19-11-16(10-17(21)12-19)20-15-6-8-22-9-7-15/h2-12H,13H2,1H3. The Morgan fingerprint density at radius 3 is 2.38 bits per heavy atom. The molecule has 0 fully saturated rings. The van der Waals surface area contributed by atoms with Crippen molar-refractivity contribution in [3.8, 4) is 11.5 Å². The van der Waals surface area contributed by atoms with E-state index in [1.54, 1.807) is 7.11 Å². The fourth-order valence-corrected chi connectivity index (χ4v) is 5.06. The van der Waals surface area contributed by atoms with Gasteiger partial charge in [-0.15, -0.1) is 0 Å². The summed E-state index contributed by atoms with van der Waals surface area (Å²) < 4.78 is 14.8. The Balaban J connectivity index is 1.69. The summed E-state index contributed by atoms with van der Waals surface area (Å²) >= 11 is 3.49. The Hall–Kier alpha value is -1.77. The zero-order chi connectivity index (χ0) is 16.8. The van der Waals surface area contributed by atoms with Crippen LogP contribution in [0.4, 0.5) is 0 Å². The van der Waals surface area contributed by atoms with Crippen molar-refractivity contribution in [3.05, 3.63) is 77.0 Å². The average Bonchev–Trinajstić information content (AvgIpc) is 2.61. The molecule has 1 heterocycles. The second kappa shape index (κ2) is 8.36. The van der Waals surface area contributed by atoms with Gasteiger partial charge in [0.25, 0.3) is 0 Å². The Labute approximate surface area is 156 Å². The zero-order valence-corrected chi connectivity index (χ0v) is 16.6. The molecule has 0 bridgehead atoms. The molecule has 3 nitrogen and oxygen atoms in total. The van der Waals surface area contributed by atoms with E-state index in [1.165, 1.54) is 8.70 Å². The van der Waals surface area contributed by atoms with Crippen molar-refractivity contribution in [1.29, 1.82) is 0 Å². The Morgan fingerprint density at radius 2 is 1.67 bits per heavy atom. The number of benzene rings is 2. The van der Waals surface area contributed by atoms with Crippen molar-refractivity contribution in [1.82, 2.24) is 4.98 Å². The van der Waals surface area contributed by atoms with Crippen molar-refractivity contribution >= 4 is 40.4 Å². The van der Waals surface area contributed by atoms with Crippen LogP contribution in [0.3, 0.4) is 0 Å². The number of ether oxygens (including phenoxy) is 2. The number of aromatic nitrogens is 1. The zero-order valence-electron chi connectivity index (χ0n) is 13.1. The quantitative estimate of drug-likeness (QED) is 0.547. The SMILES string of the molecule is COc1ccc(COc2cc(Br)cc([As]c3ccncc3)c2)cc1. The van der Waals surface area contributed by atoms with E-state index in [1.807, 2.05) is 42.7 Å². The first kappa shape index (κ1) is 17.1. The molecule has 1 aromatic heterocycles. The molecule has 24 heavy (non-hydrogen) atoms. The van der Waals surface area contributed by atoms with Crippen molar-refractivity contribution in [2.75, 3.05) is 7.11 Å². The maximum atomic E-state index is 5.96. The van der Waals surface area contributed by atoms with Gasteiger partial charge in [-0.25, -0.2) is 0 Å². The molecule has 0 amide bonds. The van der Waals surface area contributed by atoms with Crippen LogP contribution in [-0.4, -0.2) is 27.8 Å². The molecule has 0 N–H and O–H groups in total. The van der Waals surface area contributed by atoms with Crippen molar-refractivity contribution in [2.24, 2.45) is 0 Å². The van der Waals surface area contributed by atoms with E-state index in [4.69, 9.17) is 9.47 Å². The first-order chi connectivity index (χ1) is 11.7. The van der Waals surface area contributed by atoms with E-state index in [0.29, 0.717) is 6.61 Å². The minimum atomic E-state index is -0.0833. The summed E-state index contributed by atoms with van der Waals surface area (Å²) in [5.41, 5.74) is 1.11. The van der Waals surface area contributed by atoms with Gasteiger partial charge in [-0.3, -0.25) is 0 Å². The molecule has 2 aromatic carbocycles. The molecule has 0 aliphatic heterocycles. The molecule has 0 unspecified atom stereocenters. The minimum absolute atomic E-state index is 0.0833. The molecule has 1 radical (unpaired) electrons. The van der Waals surface area contributed by atoms with Gasteiger partial charge < -0.3 is 0 Å². The number of methoxy groups -OCH3 is 1. The molecular formula is C19H16AsBrNO2. The van der Waals surface area contributed by atoms with Crippen LogP contribution in [0, 0.1) is 0 Å². The van der Waals surface area contributed by atoms with E-state index in [-0.39, 0.29) is 15.8 Å². The molecule has 0 spiro atoms. The summed E-state index contributed by atoms with van der Waals surface area (Å²) in [5.74, 6) is 1.73. The van der Waals surface area contributed by atoms with Crippen molar-refractivity contribution < 1.29 is 9.47 Å². The normalized spacial score (nSPS) is 10.9. The third-order valence-corrected chi connectivity index (χ3v) is 6.05. The average molecular weight is 445 g/mol. The van der Waals surface area contributed by atoms with Gasteiger partial charge in [-0.2, -0.15) is 0 Å². The fourth-order valence-electron chi connectivity index (χ4n) is 2.15. The van der Waals surface area contributed by atoms with Gasteiger partial charge in [0.1, 0.15) is 0 Å². The van der Waals surface area contributed by atoms with E-state index >= 15 is 0 Å². The molecule has 0 saturated heterocycles. The maximum absolute atomic E-state index is 5.96. The van der Waals surface area contributed by atoms with Crippen molar-refractivity contribution in [2.45, 2.75) is 6.61 Å². The summed E-state index contributed by atoms with van der Waals surface area (Å²) in [6.45, 7) is 0.533. The molecule has 0 atom stereocenters. The van der Waals surface area contributed by atoms with Gasteiger partial charge in [-0.1, -0.05) is 0 Å². The van der Waals surface area contributed by atoms with Crippen LogP contribution in [0.2, 0.25) is 0 Å². The van der Waals surface area contributed by atoms with Crippen LogP contribution in [0.25, 0.3) is 0 Å². The number of hydrogen-bond acceptors (Lipinski definition) is 3. The second-order valence-corrected chi connectivity index (χ2v) is 8.65. The van der Waals surface area contributed by atoms with Crippen LogP contribution in [0.15, 0.2) is 71.5 Å². The van der Waals surface area contributed by atoms with Gasteiger partial charge >= 0.3 is 157 Å². The van der Waals surface area contributed by atoms with Crippen LogP contribution < -0.4 is 18.2 Å². The first-order valence-corrected chi connectivity index (χ1v) is 10.1. The third kappa shape index (κ3) is 4.86. The molecule has 121 valence electrons. The van der Waals surface area contributed by atoms with Gasteiger partial charge in [0, 0.05) is 0 Å². The topological polar surface area (TPSA) is 31.4 Å². The van der Waals surface area contributed by atoms with E-state index < -0.39 is 0 Å². The van der Waals surface area contributed by atoms with Crippen LogP contribution >= 0.6 is 15.9 Å². The Bertz CT molecular complexity index is 794. The molecule has 0 aliphatic carbocycles. The van der Waals surface area contributed by atoms with E-state index in [2.05, 4.69) is 45.2 Å². The molecular weight excluding hydrogens is 429 g/mol. The fraction of sp³-hybridized carbons (Fsp3) is 0.105. The summed E-state index contributed by atoms with van der Waals surface area (Å²) in [4.78, 5) is 4.07. The molecule has 0 saturated carbocycles. The Kier molecular flexibility index (Phi) is 5.95. The van der Waals surface area contributed by atoms with E-state index in [0.717, 1.165) is 21.5 Å². The van der Waals surface area contributed by atoms with Crippen LogP contribution in [0.5, 0.6) is 11.5 Å². The van der Waals surface area contributed by atoms with Gasteiger partial charge in [0.15, 0.2) is 0 Å². The number of rotatable bonds is 6. The molecule has 0 aliphatic rings.